The molecular weight excluding hydrogens is 330 g/mol. The van der Waals surface area contributed by atoms with E-state index in [2.05, 4.69) is 10.3 Å². The maximum absolute atomic E-state index is 11.5. The zero-order valence-corrected chi connectivity index (χ0v) is 12.9. The van der Waals surface area contributed by atoms with Gasteiger partial charge in [0.25, 0.3) is 0 Å². The van der Waals surface area contributed by atoms with E-state index < -0.39 is 16.9 Å². The minimum absolute atomic E-state index is 0.00381. The number of hydrogen-bond acceptors (Lipinski definition) is 6. The largest absolute Gasteiger partial charge is 0.476 e. The molecule has 0 unspecified atom stereocenters. The molecule has 2 N–H and O–H groups in total. The van der Waals surface area contributed by atoms with E-state index >= 15 is 0 Å². The van der Waals surface area contributed by atoms with Crippen LogP contribution in [0.4, 0.5) is 16.4 Å². The van der Waals surface area contributed by atoms with Crippen molar-refractivity contribution in [1.29, 1.82) is 0 Å². The summed E-state index contributed by atoms with van der Waals surface area (Å²) >= 11 is 0.904. The number of carboxylic acid groups (broad SMARTS) is 1. The number of hydrogen-bond donors (Lipinski definition) is 3. The number of benzene rings is 1. The summed E-state index contributed by atoms with van der Waals surface area (Å²) in [6, 6.07) is 5.96. The van der Waals surface area contributed by atoms with Crippen molar-refractivity contribution in [3.63, 3.8) is 0 Å². The van der Waals surface area contributed by atoms with Gasteiger partial charge in [-0.3, -0.25) is 4.79 Å². The molecule has 0 spiro atoms. The molecule has 2 rings (SSSR count). The molecule has 1 amide bonds. The molecule has 0 aliphatic carbocycles. The Balaban J connectivity index is 2.42. The molecular formula is C12H11N3O5S2. The third-order valence-electron chi connectivity index (χ3n) is 2.54. The van der Waals surface area contributed by atoms with Crippen LogP contribution in [-0.4, -0.2) is 30.4 Å². The third kappa shape index (κ3) is 3.40. The number of carboxylic acids is 1. The number of thiazole rings is 1. The van der Waals surface area contributed by atoms with E-state index in [1.165, 1.54) is 36.7 Å². The molecule has 116 valence electrons. The molecule has 0 aliphatic heterocycles. The Morgan fingerprint density at radius 1 is 1.27 bits per heavy atom. The summed E-state index contributed by atoms with van der Waals surface area (Å²) in [4.78, 5) is 25.7. The predicted molar refractivity (Wildman–Crippen MR) is 82.3 cm³/mol. The molecule has 0 bridgehead atoms. The Morgan fingerprint density at radius 2 is 1.91 bits per heavy atom. The number of carbonyl (C=O) groups excluding carboxylic acids is 1. The van der Waals surface area contributed by atoms with Crippen LogP contribution in [0.25, 0.3) is 0 Å². The first-order valence-electron chi connectivity index (χ1n) is 5.89. The number of nitrogens with zero attached hydrogens (tertiary/aromatic N) is 2. The normalized spacial score (nSPS) is 10.5. The first kappa shape index (κ1) is 15.9. The summed E-state index contributed by atoms with van der Waals surface area (Å²) in [5.74, 6) is -1.57. The minimum atomic E-state index is -3.10. The van der Waals surface area contributed by atoms with Crippen molar-refractivity contribution in [2.24, 2.45) is 0 Å². The van der Waals surface area contributed by atoms with Crippen LogP contribution in [0.3, 0.4) is 0 Å². The van der Waals surface area contributed by atoms with Gasteiger partial charge in [-0.2, -0.15) is 0 Å². The lowest BCUT2D eigenvalue weighted by Gasteiger charge is -2.16. The maximum Gasteiger partial charge on any atom is 0.357 e. The van der Waals surface area contributed by atoms with Crippen LogP contribution in [0.1, 0.15) is 17.4 Å². The molecule has 2 aromatic rings. The van der Waals surface area contributed by atoms with Crippen LogP contribution in [0.2, 0.25) is 0 Å². The molecule has 0 saturated heterocycles. The Bertz CT molecular complexity index is 774. The molecule has 0 saturated carbocycles. The van der Waals surface area contributed by atoms with Crippen LogP contribution < -0.4 is 9.62 Å². The van der Waals surface area contributed by atoms with Crippen LogP contribution in [0.15, 0.2) is 29.8 Å². The highest BCUT2D eigenvalue weighted by Gasteiger charge is 2.22. The summed E-state index contributed by atoms with van der Waals surface area (Å²) in [6.07, 6.45) is 0. The molecule has 0 fully saturated rings. The van der Waals surface area contributed by atoms with E-state index in [0.29, 0.717) is 5.69 Å². The molecule has 22 heavy (non-hydrogen) atoms. The number of anilines is 3. The highest BCUT2D eigenvalue weighted by Crippen LogP contribution is 2.32. The average molecular weight is 341 g/mol. The maximum atomic E-state index is 11.5. The standard InChI is InChI=1S/C12H11N3O5S2/c1-7(16)14-8-2-4-9(5-3-8)15(22(19)20)11-10(12(17)18)13-6-21-11/h2-6,22H,1H3,(H,14,16)(H,17,18). The predicted octanol–water partition coefficient (Wildman–Crippen LogP) is 1.46. The number of rotatable bonds is 5. The Hall–Kier alpha value is -2.46. The fourth-order valence-corrected chi connectivity index (χ4v) is 3.33. The van der Waals surface area contributed by atoms with Crippen molar-refractivity contribution in [3.05, 3.63) is 35.5 Å². The molecule has 1 aromatic carbocycles. The van der Waals surface area contributed by atoms with Gasteiger partial charge in [-0.05, 0) is 24.3 Å². The van der Waals surface area contributed by atoms with Crippen LogP contribution >= 0.6 is 11.3 Å². The van der Waals surface area contributed by atoms with Gasteiger partial charge in [0.1, 0.15) is 5.00 Å². The summed E-state index contributed by atoms with van der Waals surface area (Å²) in [5.41, 5.74) is 1.67. The van der Waals surface area contributed by atoms with Crippen LogP contribution in [0.5, 0.6) is 0 Å². The van der Waals surface area contributed by atoms with Gasteiger partial charge < -0.3 is 10.4 Å². The highest BCUT2D eigenvalue weighted by molar-refractivity contribution is 7.74. The fourth-order valence-electron chi connectivity index (χ4n) is 1.71. The number of carbonyl (C=O) groups is 2. The van der Waals surface area contributed by atoms with Gasteiger partial charge in [0, 0.05) is 12.6 Å². The van der Waals surface area contributed by atoms with E-state index in [1.807, 2.05) is 0 Å². The molecule has 10 heteroatoms. The quantitative estimate of drug-likeness (QED) is 0.709. The summed E-state index contributed by atoms with van der Waals surface area (Å²) < 4.78 is 23.9. The Morgan fingerprint density at radius 3 is 2.41 bits per heavy atom. The van der Waals surface area contributed by atoms with Gasteiger partial charge >= 0.3 is 5.97 Å². The van der Waals surface area contributed by atoms with Gasteiger partial charge in [0.05, 0.1) is 11.2 Å². The fraction of sp³-hybridized carbons (Fsp3) is 0.0833. The van der Waals surface area contributed by atoms with Crippen LogP contribution in [-0.2, 0) is 15.7 Å². The van der Waals surface area contributed by atoms with E-state index in [1.54, 1.807) is 0 Å². The van der Waals surface area contributed by atoms with E-state index in [-0.39, 0.29) is 22.3 Å². The smallest absolute Gasteiger partial charge is 0.357 e. The van der Waals surface area contributed by atoms with Gasteiger partial charge in [0.15, 0.2) is 5.69 Å². The zero-order valence-electron chi connectivity index (χ0n) is 11.2. The second-order valence-corrected chi connectivity index (χ2v) is 5.80. The second-order valence-electron chi connectivity index (χ2n) is 4.09. The Kier molecular flexibility index (Phi) is 4.73. The number of aromatic carboxylic acids is 1. The molecule has 0 radical (unpaired) electrons. The first-order chi connectivity index (χ1) is 10.4. The number of thiol groups is 1. The van der Waals surface area contributed by atoms with Crippen molar-refractivity contribution in [3.8, 4) is 0 Å². The van der Waals surface area contributed by atoms with Gasteiger partial charge in [0.2, 0.25) is 16.8 Å². The molecule has 1 heterocycles. The second kappa shape index (κ2) is 6.54. The average Bonchev–Trinajstić information content (AvgIpc) is 2.89. The van der Waals surface area contributed by atoms with Crippen molar-refractivity contribution in [2.45, 2.75) is 6.92 Å². The Labute approximate surface area is 131 Å². The van der Waals surface area contributed by atoms with Crippen molar-refractivity contribution in [1.82, 2.24) is 4.98 Å². The lowest BCUT2D eigenvalue weighted by atomic mass is 10.2. The van der Waals surface area contributed by atoms with Crippen molar-refractivity contribution >= 4 is 50.5 Å². The molecule has 0 aliphatic rings. The van der Waals surface area contributed by atoms with Gasteiger partial charge in [-0.25, -0.2) is 22.5 Å². The number of nitrogens with one attached hydrogen (secondary N) is 1. The van der Waals surface area contributed by atoms with E-state index in [9.17, 15) is 18.0 Å². The first-order valence-corrected chi connectivity index (χ1v) is 7.90. The summed E-state index contributed by atoms with van der Waals surface area (Å²) in [7, 11) is -3.10. The monoisotopic (exact) mass is 341 g/mol. The van der Waals surface area contributed by atoms with Gasteiger partial charge in [-0.1, -0.05) is 0 Å². The molecule has 1 aromatic heterocycles. The topological polar surface area (TPSA) is 117 Å². The van der Waals surface area contributed by atoms with E-state index in [0.717, 1.165) is 15.6 Å². The highest BCUT2D eigenvalue weighted by atomic mass is 32.2. The lowest BCUT2D eigenvalue weighted by molar-refractivity contribution is -0.114. The molecule has 8 nitrogen and oxygen atoms in total. The summed E-state index contributed by atoms with van der Waals surface area (Å²) in [6.45, 7) is 1.35. The molecule has 0 atom stereocenters. The third-order valence-corrected chi connectivity index (χ3v) is 4.24. The van der Waals surface area contributed by atoms with Crippen molar-refractivity contribution in [2.75, 3.05) is 9.62 Å². The number of amides is 1. The SMILES string of the molecule is CC(=O)Nc1ccc(N(c2scnc2C(=O)O)[SH](=O)=O)cc1. The van der Waals surface area contributed by atoms with Crippen LogP contribution in [0, 0.1) is 0 Å². The van der Waals surface area contributed by atoms with Gasteiger partial charge in [-0.15, -0.1) is 11.3 Å². The zero-order chi connectivity index (χ0) is 16.3. The minimum Gasteiger partial charge on any atom is -0.476 e. The van der Waals surface area contributed by atoms with E-state index in [4.69, 9.17) is 5.11 Å². The summed E-state index contributed by atoms with van der Waals surface area (Å²) in [5, 5.41) is 11.6. The number of aromatic nitrogens is 1. The lowest BCUT2D eigenvalue weighted by Crippen LogP contribution is -2.16. The van der Waals surface area contributed by atoms with Crippen molar-refractivity contribution < 1.29 is 23.1 Å².